The number of aryl methyl sites for hydroxylation is 1. The van der Waals surface area contributed by atoms with E-state index >= 15 is 0 Å². The second-order valence-electron chi connectivity index (χ2n) is 4.89. The summed E-state index contributed by atoms with van der Waals surface area (Å²) < 4.78 is 13.6. The van der Waals surface area contributed by atoms with E-state index in [2.05, 4.69) is 6.07 Å². The molecule has 1 nitrogen and oxygen atoms in total. The molecular weight excluding hydrogens is 261 g/mol. The van der Waals surface area contributed by atoms with Crippen LogP contribution in [0.4, 0.5) is 4.39 Å². The van der Waals surface area contributed by atoms with Gasteiger partial charge in [0.25, 0.3) is 0 Å². The molecule has 2 rings (SSSR count). The third kappa shape index (κ3) is 4.05. The second kappa shape index (κ2) is 6.18. The highest BCUT2D eigenvalue weighted by Gasteiger charge is 2.10. The highest BCUT2D eigenvalue weighted by molar-refractivity contribution is 6.30. The summed E-state index contributed by atoms with van der Waals surface area (Å²) in [5.74, 6) is -0.246. The Bertz CT molecular complexity index is 568. The van der Waals surface area contributed by atoms with Crippen LogP contribution in [-0.2, 0) is 12.8 Å². The first-order chi connectivity index (χ1) is 9.04. The minimum atomic E-state index is -0.246. The molecule has 0 aliphatic rings. The summed E-state index contributed by atoms with van der Waals surface area (Å²) in [5, 5.41) is 0.541. The van der Waals surface area contributed by atoms with Crippen LogP contribution in [0, 0.1) is 12.7 Å². The van der Waals surface area contributed by atoms with Gasteiger partial charge in [-0.2, -0.15) is 0 Å². The largest absolute Gasteiger partial charge is 0.327 e. The summed E-state index contributed by atoms with van der Waals surface area (Å²) in [7, 11) is 0. The van der Waals surface area contributed by atoms with Gasteiger partial charge in [-0.1, -0.05) is 41.4 Å². The Kier molecular flexibility index (Phi) is 4.56. The third-order valence-electron chi connectivity index (χ3n) is 3.07. The summed E-state index contributed by atoms with van der Waals surface area (Å²) >= 11 is 5.87. The molecule has 0 saturated heterocycles. The van der Waals surface area contributed by atoms with Gasteiger partial charge in [-0.15, -0.1) is 0 Å². The highest BCUT2D eigenvalue weighted by Crippen LogP contribution is 2.17. The van der Waals surface area contributed by atoms with E-state index in [-0.39, 0.29) is 11.9 Å². The first kappa shape index (κ1) is 14.0. The van der Waals surface area contributed by atoms with Crippen molar-refractivity contribution in [2.45, 2.75) is 25.8 Å². The van der Waals surface area contributed by atoms with Gasteiger partial charge in [0.1, 0.15) is 5.82 Å². The fraction of sp³-hybridized carbons (Fsp3) is 0.250. The van der Waals surface area contributed by atoms with Crippen molar-refractivity contribution in [3.05, 3.63) is 70.0 Å². The van der Waals surface area contributed by atoms with E-state index in [1.54, 1.807) is 12.1 Å². The Morgan fingerprint density at radius 3 is 2.68 bits per heavy atom. The van der Waals surface area contributed by atoms with Crippen LogP contribution in [0.3, 0.4) is 0 Å². The zero-order valence-corrected chi connectivity index (χ0v) is 11.6. The smallest absolute Gasteiger partial charge is 0.126 e. The Balaban J connectivity index is 2.05. The summed E-state index contributed by atoms with van der Waals surface area (Å²) in [5.41, 5.74) is 9.06. The maximum atomic E-state index is 13.6. The average Bonchev–Trinajstić information content (AvgIpc) is 2.34. The summed E-state index contributed by atoms with van der Waals surface area (Å²) in [4.78, 5) is 0. The molecule has 2 aromatic rings. The number of rotatable bonds is 4. The second-order valence-corrected chi connectivity index (χ2v) is 5.33. The number of nitrogens with two attached hydrogens (primary N) is 1. The van der Waals surface area contributed by atoms with Gasteiger partial charge >= 0.3 is 0 Å². The van der Waals surface area contributed by atoms with Crippen LogP contribution in [-0.4, -0.2) is 6.04 Å². The van der Waals surface area contributed by atoms with Gasteiger partial charge in [0, 0.05) is 11.1 Å². The molecule has 19 heavy (non-hydrogen) atoms. The van der Waals surface area contributed by atoms with E-state index in [4.69, 9.17) is 17.3 Å². The lowest BCUT2D eigenvalue weighted by molar-refractivity contribution is 0.584. The van der Waals surface area contributed by atoms with E-state index in [1.165, 1.54) is 17.2 Å². The lowest BCUT2D eigenvalue weighted by Crippen LogP contribution is -2.26. The normalized spacial score (nSPS) is 12.4. The van der Waals surface area contributed by atoms with Crippen molar-refractivity contribution in [2.75, 3.05) is 0 Å². The van der Waals surface area contributed by atoms with Gasteiger partial charge in [-0.05, 0) is 49.1 Å². The molecule has 0 spiro atoms. The molecule has 0 amide bonds. The van der Waals surface area contributed by atoms with E-state index in [9.17, 15) is 4.39 Å². The van der Waals surface area contributed by atoms with Crippen LogP contribution in [0.25, 0.3) is 0 Å². The van der Waals surface area contributed by atoms with Crippen LogP contribution in [0.1, 0.15) is 16.7 Å². The van der Waals surface area contributed by atoms with Gasteiger partial charge in [-0.3, -0.25) is 0 Å². The molecule has 2 N–H and O–H groups in total. The van der Waals surface area contributed by atoms with Crippen molar-refractivity contribution in [3.63, 3.8) is 0 Å². The third-order valence-corrected chi connectivity index (χ3v) is 3.31. The van der Waals surface area contributed by atoms with Crippen LogP contribution in [0.15, 0.2) is 42.5 Å². The number of hydrogen-bond donors (Lipinski definition) is 1. The van der Waals surface area contributed by atoms with Gasteiger partial charge < -0.3 is 5.73 Å². The van der Waals surface area contributed by atoms with Crippen LogP contribution < -0.4 is 5.73 Å². The molecule has 2 aromatic carbocycles. The Labute approximate surface area is 118 Å². The fourth-order valence-electron chi connectivity index (χ4n) is 2.20. The first-order valence-corrected chi connectivity index (χ1v) is 6.67. The van der Waals surface area contributed by atoms with Crippen LogP contribution >= 0.6 is 11.6 Å². The number of halogens is 2. The monoisotopic (exact) mass is 277 g/mol. The summed E-state index contributed by atoms with van der Waals surface area (Å²) in [6, 6.07) is 12.7. The molecule has 0 saturated carbocycles. The Hall–Kier alpha value is -1.38. The molecule has 1 unspecified atom stereocenters. The van der Waals surface area contributed by atoms with Crippen molar-refractivity contribution < 1.29 is 4.39 Å². The minimum Gasteiger partial charge on any atom is -0.327 e. The van der Waals surface area contributed by atoms with Gasteiger partial charge in [-0.25, -0.2) is 4.39 Å². The van der Waals surface area contributed by atoms with E-state index in [1.807, 2.05) is 25.1 Å². The molecule has 3 heteroatoms. The molecule has 100 valence electrons. The van der Waals surface area contributed by atoms with E-state index in [0.29, 0.717) is 17.0 Å². The molecule has 0 bridgehead atoms. The van der Waals surface area contributed by atoms with Gasteiger partial charge in [0.05, 0.1) is 0 Å². The maximum absolute atomic E-state index is 13.6. The minimum absolute atomic E-state index is 0.116. The topological polar surface area (TPSA) is 26.0 Å². The average molecular weight is 278 g/mol. The van der Waals surface area contributed by atoms with Crippen molar-refractivity contribution in [1.82, 2.24) is 0 Å². The fourth-order valence-corrected chi connectivity index (χ4v) is 2.39. The predicted molar refractivity (Wildman–Crippen MR) is 78.0 cm³/mol. The Morgan fingerprint density at radius 2 is 1.95 bits per heavy atom. The van der Waals surface area contributed by atoms with E-state index in [0.717, 1.165) is 6.42 Å². The van der Waals surface area contributed by atoms with Crippen LogP contribution in [0.2, 0.25) is 5.02 Å². The van der Waals surface area contributed by atoms with Crippen molar-refractivity contribution in [3.8, 4) is 0 Å². The zero-order valence-electron chi connectivity index (χ0n) is 10.9. The zero-order chi connectivity index (χ0) is 13.8. The SMILES string of the molecule is Cc1cccc(CC(N)Cc2cc(Cl)ccc2F)c1. The quantitative estimate of drug-likeness (QED) is 0.901. The standard InChI is InChI=1S/C16H17ClFN/c1-11-3-2-4-12(7-11)8-15(19)10-13-9-14(17)5-6-16(13)18/h2-7,9,15H,8,10,19H2,1H3. The Morgan fingerprint density at radius 1 is 1.16 bits per heavy atom. The maximum Gasteiger partial charge on any atom is 0.126 e. The van der Waals surface area contributed by atoms with Gasteiger partial charge in [0.15, 0.2) is 0 Å². The molecule has 0 heterocycles. The summed E-state index contributed by atoms with van der Waals surface area (Å²) in [6.45, 7) is 2.05. The molecule has 0 aliphatic heterocycles. The molecular formula is C16H17ClFN. The molecule has 0 fully saturated rings. The lowest BCUT2D eigenvalue weighted by atomic mass is 9.98. The highest BCUT2D eigenvalue weighted by atomic mass is 35.5. The predicted octanol–water partition coefficient (Wildman–Crippen LogP) is 3.90. The summed E-state index contributed by atoms with van der Waals surface area (Å²) in [6.07, 6.45) is 1.22. The van der Waals surface area contributed by atoms with Crippen molar-refractivity contribution in [1.29, 1.82) is 0 Å². The first-order valence-electron chi connectivity index (χ1n) is 6.29. The molecule has 1 atom stereocenters. The van der Waals surface area contributed by atoms with Gasteiger partial charge in [0.2, 0.25) is 0 Å². The van der Waals surface area contributed by atoms with Crippen molar-refractivity contribution in [2.24, 2.45) is 5.73 Å². The van der Waals surface area contributed by atoms with E-state index < -0.39 is 0 Å². The molecule has 0 aliphatic carbocycles. The molecule has 0 aromatic heterocycles. The number of benzene rings is 2. The lowest BCUT2D eigenvalue weighted by Gasteiger charge is -2.13. The molecule has 0 radical (unpaired) electrons. The number of hydrogen-bond acceptors (Lipinski definition) is 1. The van der Waals surface area contributed by atoms with Crippen LogP contribution in [0.5, 0.6) is 0 Å². The van der Waals surface area contributed by atoms with Crippen molar-refractivity contribution >= 4 is 11.6 Å².